The summed E-state index contributed by atoms with van der Waals surface area (Å²) >= 11 is 0. The zero-order valence-electron chi connectivity index (χ0n) is 5.66. The molecule has 0 aliphatic heterocycles. The van der Waals surface area contributed by atoms with Gasteiger partial charge < -0.3 is 23.0 Å². The normalized spacial score (nSPS) is 10.2. The Labute approximate surface area is 57.7 Å². The van der Waals surface area contributed by atoms with Crippen LogP contribution in [-0.2, 0) is 0 Å². The van der Waals surface area contributed by atoms with Gasteiger partial charge in [-0.3, -0.25) is 0 Å². The highest BCUT2D eigenvalue weighted by Gasteiger charge is 2.20. The van der Waals surface area contributed by atoms with Crippen molar-refractivity contribution in [3.05, 3.63) is 6.42 Å². The molecule has 10 heavy (non-hydrogen) atoms. The predicted octanol–water partition coefficient (Wildman–Crippen LogP) is 1.86. The lowest BCUT2D eigenvalue weighted by molar-refractivity contribution is 0.368. The van der Waals surface area contributed by atoms with Crippen LogP contribution in [0.4, 0.5) is 17.3 Å². The number of hydrogen-bond acceptors (Lipinski definition) is 1. The van der Waals surface area contributed by atoms with Crippen molar-refractivity contribution in [2.24, 2.45) is 5.73 Å². The van der Waals surface area contributed by atoms with Gasteiger partial charge in [0.1, 0.15) is 0 Å². The zero-order chi connectivity index (χ0) is 8.62. The molecule has 0 amide bonds. The van der Waals surface area contributed by atoms with Crippen molar-refractivity contribution in [2.75, 3.05) is 6.54 Å². The summed E-state index contributed by atoms with van der Waals surface area (Å²) in [4.78, 5) is 0. The average molecular weight is 159 g/mol. The van der Waals surface area contributed by atoms with Crippen LogP contribution >= 0.6 is 0 Å². The molecule has 1 nitrogen and oxygen atoms in total. The van der Waals surface area contributed by atoms with Gasteiger partial charge in [0.05, 0.1) is 0 Å². The van der Waals surface area contributed by atoms with Crippen molar-refractivity contribution in [3.8, 4) is 0 Å². The maximum Gasteiger partial charge on any atom is 0.673 e. The average Bonchev–Trinajstić information content (AvgIpc) is 1.63. The van der Waals surface area contributed by atoms with Crippen LogP contribution in [0.25, 0.3) is 0 Å². The first kappa shape index (κ1) is 12.4. The molecule has 0 aliphatic carbocycles. The fraction of sp³-hybridized carbons (Fsp3) is 0.750. The third kappa shape index (κ3) is 116. The molecule has 0 atom stereocenters. The van der Waals surface area contributed by atoms with Gasteiger partial charge >= 0.3 is 7.25 Å². The standard InChI is InChI=1S/C4H10N.BF4/c1-2-3-4-5;2-1(3,4)5/h2H,3-5H2,1H3;/q;-1. The Bertz CT molecular complexity index is 56.8. The Hall–Kier alpha value is -0.255. The molecule has 0 bridgehead atoms. The van der Waals surface area contributed by atoms with Crippen molar-refractivity contribution in [3.63, 3.8) is 0 Å². The van der Waals surface area contributed by atoms with Crippen LogP contribution in [-0.4, -0.2) is 13.8 Å². The molecule has 0 aromatic carbocycles. The third-order valence-electron chi connectivity index (χ3n) is 0.455. The Balaban J connectivity index is 0. The van der Waals surface area contributed by atoms with Crippen molar-refractivity contribution in [1.29, 1.82) is 0 Å². The van der Waals surface area contributed by atoms with E-state index in [9.17, 15) is 17.3 Å². The van der Waals surface area contributed by atoms with E-state index in [2.05, 4.69) is 6.42 Å². The Morgan fingerprint density at radius 1 is 1.30 bits per heavy atom. The maximum absolute atomic E-state index is 9.75. The summed E-state index contributed by atoms with van der Waals surface area (Å²) in [6.07, 6.45) is 3.10. The topological polar surface area (TPSA) is 26.0 Å². The SMILES string of the molecule is C[CH]CCN.F[B-](F)(F)F. The van der Waals surface area contributed by atoms with Gasteiger partial charge in [-0.1, -0.05) is 6.92 Å². The number of nitrogens with two attached hydrogens (primary N) is 1. The lowest BCUT2D eigenvalue weighted by Gasteiger charge is -1.94. The lowest BCUT2D eigenvalue weighted by Crippen LogP contribution is -2.02. The number of halogens is 4. The minimum atomic E-state index is -6.00. The summed E-state index contributed by atoms with van der Waals surface area (Å²) in [6, 6.07) is 0. The molecule has 63 valence electrons. The molecule has 0 unspecified atom stereocenters. The molecule has 0 fully saturated rings. The Kier molecular flexibility index (Phi) is 8.52. The highest BCUT2D eigenvalue weighted by atomic mass is 19.5. The highest BCUT2D eigenvalue weighted by molar-refractivity contribution is 6.50. The Morgan fingerprint density at radius 2 is 1.60 bits per heavy atom. The van der Waals surface area contributed by atoms with Gasteiger partial charge in [-0.05, 0) is 19.4 Å². The molecule has 0 saturated heterocycles. The summed E-state index contributed by atoms with van der Waals surface area (Å²) in [5, 5.41) is 0. The van der Waals surface area contributed by atoms with Crippen molar-refractivity contribution >= 4 is 7.25 Å². The summed E-state index contributed by atoms with van der Waals surface area (Å²) in [6.45, 7) is 2.80. The Morgan fingerprint density at radius 3 is 1.60 bits per heavy atom. The second kappa shape index (κ2) is 6.86. The summed E-state index contributed by atoms with van der Waals surface area (Å²) in [5.41, 5.74) is 5.11. The van der Waals surface area contributed by atoms with E-state index in [4.69, 9.17) is 5.73 Å². The summed E-state index contributed by atoms with van der Waals surface area (Å²) in [5.74, 6) is 0. The molecular weight excluding hydrogens is 149 g/mol. The minimum absolute atomic E-state index is 0.788. The van der Waals surface area contributed by atoms with Gasteiger partial charge in [0.25, 0.3) is 0 Å². The van der Waals surface area contributed by atoms with Gasteiger partial charge in [0.2, 0.25) is 0 Å². The second-order valence-corrected chi connectivity index (χ2v) is 1.48. The van der Waals surface area contributed by atoms with Crippen molar-refractivity contribution < 1.29 is 17.3 Å². The third-order valence-corrected chi connectivity index (χ3v) is 0.455. The van der Waals surface area contributed by atoms with Gasteiger partial charge in [0.15, 0.2) is 0 Å². The van der Waals surface area contributed by atoms with E-state index in [0.29, 0.717) is 0 Å². The smallest absolute Gasteiger partial charge is 0.418 e. The van der Waals surface area contributed by atoms with Crippen LogP contribution in [0, 0.1) is 6.42 Å². The molecule has 0 saturated carbocycles. The number of unbranched alkanes of at least 4 members (excludes halogenated alkanes) is 1. The molecule has 2 N–H and O–H groups in total. The maximum atomic E-state index is 9.75. The number of hydrogen-bond donors (Lipinski definition) is 1. The fourth-order valence-electron chi connectivity index (χ4n) is 0.167. The molecule has 0 spiro atoms. The minimum Gasteiger partial charge on any atom is -0.418 e. The van der Waals surface area contributed by atoms with E-state index < -0.39 is 7.25 Å². The monoisotopic (exact) mass is 159 g/mol. The first-order chi connectivity index (χ1) is 4.41. The molecule has 0 aromatic heterocycles. The first-order valence-electron chi connectivity index (χ1n) is 2.77. The van der Waals surface area contributed by atoms with Crippen LogP contribution < -0.4 is 5.73 Å². The highest BCUT2D eigenvalue weighted by Crippen LogP contribution is 2.06. The summed E-state index contributed by atoms with van der Waals surface area (Å²) in [7, 11) is -6.00. The quantitative estimate of drug-likeness (QED) is 0.482. The van der Waals surface area contributed by atoms with E-state index in [1.54, 1.807) is 0 Å². The van der Waals surface area contributed by atoms with Crippen LogP contribution in [0.5, 0.6) is 0 Å². The first-order valence-corrected chi connectivity index (χ1v) is 2.77. The van der Waals surface area contributed by atoms with E-state index in [1.807, 2.05) is 6.92 Å². The van der Waals surface area contributed by atoms with E-state index in [-0.39, 0.29) is 0 Å². The van der Waals surface area contributed by atoms with Crippen molar-refractivity contribution in [2.45, 2.75) is 13.3 Å². The summed E-state index contributed by atoms with van der Waals surface area (Å²) < 4.78 is 39.0. The largest absolute Gasteiger partial charge is 0.673 e. The fourth-order valence-corrected chi connectivity index (χ4v) is 0.167. The van der Waals surface area contributed by atoms with Crippen LogP contribution in [0.2, 0.25) is 0 Å². The second-order valence-electron chi connectivity index (χ2n) is 1.48. The van der Waals surface area contributed by atoms with Crippen molar-refractivity contribution in [1.82, 2.24) is 0 Å². The van der Waals surface area contributed by atoms with Gasteiger partial charge in [-0.25, -0.2) is 0 Å². The lowest BCUT2D eigenvalue weighted by atomic mass is 10.3. The molecule has 0 aliphatic rings. The molecule has 0 rings (SSSR count). The van der Waals surface area contributed by atoms with E-state index in [0.717, 1.165) is 13.0 Å². The molecule has 0 heterocycles. The van der Waals surface area contributed by atoms with Crippen LogP contribution in [0.15, 0.2) is 0 Å². The zero-order valence-corrected chi connectivity index (χ0v) is 5.66. The van der Waals surface area contributed by atoms with Crippen LogP contribution in [0.1, 0.15) is 13.3 Å². The van der Waals surface area contributed by atoms with Gasteiger partial charge in [0, 0.05) is 0 Å². The van der Waals surface area contributed by atoms with Gasteiger partial charge in [-0.2, -0.15) is 0 Å². The van der Waals surface area contributed by atoms with Gasteiger partial charge in [-0.15, -0.1) is 0 Å². The molecule has 0 aromatic rings. The molecular formula is C4H10BF4N-. The predicted molar refractivity (Wildman–Crippen MR) is 33.8 cm³/mol. The van der Waals surface area contributed by atoms with E-state index in [1.165, 1.54) is 0 Å². The molecule has 1 radical (unpaired) electrons. The van der Waals surface area contributed by atoms with E-state index >= 15 is 0 Å². The molecule has 6 heteroatoms. The van der Waals surface area contributed by atoms with Crippen LogP contribution in [0.3, 0.4) is 0 Å². The number of rotatable bonds is 2.